The molecule has 0 aliphatic carbocycles. The van der Waals surface area contributed by atoms with Crippen molar-refractivity contribution in [2.45, 2.75) is 0 Å². The Morgan fingerprint density at radius 3 is 2.82 bits per heavy atom. The van der Waals surface area contributed by atoms with Gasteiger partial charge in [0.2, 0.25) is 5.91 Å². The summed E-state index contributed by atoms with van der Waals surface area (Å²) in [4.78, 5) is 14.5. The molecule has 3 nitrogen and oxygen atoms in total. The van der Waals surface area contributed by atoms with Crippen molar-refractivity contribution in [1.82, 2.24) is 4.98 Å². The van der Waals surface area contributed by atoms with E-state index in [-0.39, 0.29) is 10.6 Å². The number of rotatable bonds is 1. The summed E-state index contributed by atoms with van der Waals surface area (Å²) in [6.45, 7) is 0. The molecule has 0 atom stereocenters. The maximum Gasteiger partial charge on any atom is 0.250 e. The van der Waals surface area contributed by atoms with Crippen LogP contribution in [0.5, 0.6) is 0 Å². The standard InChI is InChI=1S/C6H4BrClN2O/c7-5-4(8)3(6(9)11)1-2-10-5/h1-2H,(H2,9,11). The van der Waals surface area contributed by atoms with Crippen molar-refractivity contribution in [2.24, 2.45) is 5.73 Å². The molecular formula is C6H4BrClN2O. The molecule has 0 fully saturated rings. The molecule has 0 aliphatic rings. The third-order valence-electron chi connectivity index (χ3n) is 1.11. The highest BCUT2D eigenvalue weighted by molar-refractivity contribution is 9.10. The summed E-state index contributed by atoms with van der Waals surface area (Å²) >= 11 is 8.74. The summed E-state index contributed by atoms with van der Waals surface area (Å²) in [7, 11) is 0. The van der Waals surface area contributed by atoms with Gasteiger partial charge in [-0.2, -0.15) is 0 Å². The van der Waals surface area contributed by atoms with Gasteiger partial charge in [-0.1, -0.05) is 11.6 Å². The van der Waals surface area contributed by atoms with Crippen molar-refractivity contribution in [1.29, 1.82) is 0 Å². The zero-order chi connectivity index (χ0) is 8.43. The summed E-state index contributed by atoms with van der Waals surface area (Å²) in [6.07, 6.45) is 1.45. The van der Waals surface area contributed by atoms with E-state index in [1.165, 1.54) is 12.3 Å². The zero-order valence-electron chi connectivity index (χ0n) is 5.34. The number of halogens is 2. The van der Waals surface area contributed by atoms with E-state index >= 15 is 0 Å². The molecule has 5 heteroatoms. The number of nitrogens with zero attached hydrogens (tertiary/aromatic N) is 1. The summed E-state index contributed by atoms with van der Waals surface area (Å²) in [6, 6.07) is 1.47. The monoisotopic (exact) mass is 234 g/mol. The lowest BCUT2D eigenvalue weighted by Crippen LogP contribution is -2.11. The third-order valence-corrected chi connectivity index (χ3v) is 2.32. The minimum absolute atomic E-state index is 0.250. The number of hydrogen-bond donors (Lipinski definition) is 1. The van der Waals surface area contributed by atoms with Gasteiger partial charge in [-0.3, -0.25) is 4.79 Å². The number of pyridine rings is 1. The lowest BCUT2D eigenvalue weighted by Gasteiger charge is -1.98. The number of nitrogens with two attached hydrogens (primary N) is 1. The van der Waals surface area contributed by atoms with E-state index in [2.05, 4.69) is 20.9 Å². The van der Waals surface area contributed by atoms with E-state index in [1.807, 2.05) is 0 Å². The van der Waals surface area contributed by atoms with Crippen molar-refractivity contribution in [3.05, 3.63) is 27.5 Å². The Bertz CT molecular complexity index is 303. The van der Waals surface area contributed by atoms with Crippen molar-refractivity contribution in [3.63, 3.8) is 0 Å². The van der Waals surface area contributed by atoms with Crippen LogP contribution in [0, 0.1) is 0 Å². The predicted octanol–water partition coefficient (Wildman–Crippen LogP) is 1.60. The maximum absolute atomic E-state index is 10.7. The van der Waals surface area contributed by atoms with Gasteiger partial charge < -0.3 is 5.73 Å². The van der Waals surface area contributed by atoms with Gasteiger partial charge in [0.25, 0.3) is 0 Å². The Hall–Kier alpha value is -0.610. The lowest BCUT2D eigenvalue weighted by atomic mass is 10.2. The largest absolute Gasteiger partial charge is 0.366 e. The Balaban J connectivity index is 3.27. The van der Waals surface area contributed by atoms with Crippen LogP contribution in [0.1, 0.15) is 10.4 Å². The molecule has 1 amide bonds. The van der Waals surface area contributed by atoms with Crippen LogP contribution in [0.2, 0.25) is 5.02 Å². The second-order valence-electron chi connectivity index (χ2n) is 1.83. The van der Waals surface area contributed by atoms with E-state index in [9.17, 15) is 4.79 Å². The van der Waals surface area contributed by atoms with Crippen LogP contribution in [0.25, 0.3) is 0 Å². The fourth-order valence-corrected chi connectivity index (χ4v) is 1.15. The van der Waals surface area contributed by atoms with Gasteiger partial charge in [-0.05, 0) is 22.0 Å². The second kappa shape index (κ2) is 3.19. The van der Waals surface area contributed by atoms with Crippen LogP contribution < -0.4 is 5.73 Å². The van der Waals surface area contributed by atoms with Crippen LogP contribution in [0.15, 0.2) is 16.9 Å². The molecule has 1 aromatic heterocycles. The van der Waals surface area contributed by atoms with Crippen LogP contribution in [-0.2, 0) is 0 Å². The molecule has 11 heavy (non-hydrogen) atoms. The molecule has 0 bridgehead atoms. The van der Waals surface area contributed by atoms with E-state index in [1.54, 1.807) is 0 Å². The van der Waals surface area contributed by atoms with Crippen molar-refractivity contribution in [2.75, 3.05) is 0 Å². The molecule has 1 aromatic rings. The number of carbonyl (C=O) groups excluding carboxylic acids is 1. The average molecular weight is 235 g/mol. The summed E-state index contributed by atoms with van der Waals surface area (Å²) in [5.74, 6) is -0.557. The molecule has 0 saturated carbocycles. The fraction of sp³-hybridized carbons (Fsp3) is 0. The first-order chi connectivity index (χ1) is 5.13. The maximum atomic E-state index is 10.7. The molecule has 0 saturated heterocycles. The smallest absolute Gasteiger partial charge is 0.250 e. The predicted molar refractivity (Wildman–Crippen MR) is 45.5 cm³/mol. The Kier molecular flexibility index (Phi) is 2.46. The highest BCUT2D eigenvalue weighted by Gasteiger charge is 2.08. The highest BCUT2D eigenvalue weighted by atomic mass is 79.9. The van der Waals surface area contributed by atoms with Crippen LogP contribution in [-0.4, -0.2) is 10.9 Å². The zero-order valence-corrected chi connectivity index (χ0v) is 7.69. The Morgan fingerprint density at radius 1 is 1.73 bits per heavy atom. The molecule has 58 valence electrons. The van der Waals surface area contributed by atoms with Gasteiger partial charge in [-0.25, -0.2) is 4.98 Å². The van der Waals surface area contributed by atoms with Gasteiger partial charge in [-0.15, -0.1) is 0 Å². The average Bonchev–Trinajstić information content (AvgIpc) is 1.94. The minimum atomic E-state index is -0.557. The van der Waals surface area contributed by atoms with Crippen LogP contribution >= 0.6 is 27.5 Å². The van der Waals surface area contributed by atoms with Crippen molar-refractivity contribution in [3.8, 4) is 0 Å². The Labute approximate surface area is 76.7 Å². The molecule has 1 heterocycles. The first kappa shape index (κ1) is 8.49. The number of amides is 1. The first-order valence-electron chi connectivity index (χ1n) is 2.72. The Morgan fingerprint density at radius 2 is 2.36 bits per heavy atom. The number of hydrogen-bond acceptors (Lipinski definition) is 2. The van der Waals surface area contributed by atoms with Gasteiger partial charge >= 0.3 is 0 Å². The highest BCUT2D eigenvalue weighted by Crippen LogP contribution is 2.22. The number of primary amides is 1. The molecular weight excluding hydrogens is 231 g/mol. The summed E-state index contributed by atoms with van der Waals surface area (Å²) in [5, 5.41) is 0.250. The number of aromatic nitrogens is 1. The molecule has 1 rings (SSSR count). The van der Waals surface area contributed by atoms with E-state index in [0.717, 1.165) is 0 Å². The van der Waals surface area contributed by atoms with Gasteiger partial charge in [0.1, 0.15) is 4.60 Å². The van der Waals surface area contributed by atoms with Gasteiger partial charge in [0.15, 0.2) is 0 Å². The first-order valence-corrected chi connectivity index (χ1v) is 3.90. The van der Waals surface area contributed by atoms with E-state index in [0.29, 0.717) is 4.60 Å². The summed E-state index contributed by atoms with van der Waals surface area (Å²) in [5.41, 5.74) is 5.28. The molecule has 0 radical (unpaired) electrons. The lowest BCUT2D eigenvalue weighted by molar-refractivity contribution is 0.100. The van der Waals surface area contributed by atoms with Gasteiger partial charge in [0.05, 0.1) is 10.6 Å². The van der Waals surface area contributed by atoms with E-state index in [4.69, 9.17) is 17.3 Å². The van der Waals surface area contributed by atoms with Crippen molar-refractivity contribution >= 4 is 33.4 Å². The number of carbonyl (C=O) groups is 1. The second-order valence-corrected chi connectivity index (χ2v) is 2.96. The fourth-order valence-electron chi connectivity index (χ4n) is 0.609. The quantitative estimate of drug-likeness (QED) is 0.752. The molecule has 2 N–H and O–H groups in total. The van der Waals surface area contributed by atoms with E-state index < -0.39 is 5.91 Å². The topological polar surface area (TPSA) is 56.0 Å². The minimum Gasteiger partial charge on any atom is -0.366 e. The SMILES string of the molecule is NC(=O)c1ccnc(Br)c1Cl. The van der Waals surface area contributed by atoms with Crippen LogP contribution in [0.3, 0.4) is 0 Å². The summed E-state index contributed by atoms with van der Waals surface area (Å²) < 4.78 is 0.426. The normalized spacial score (nSPS) is 9.64. The molecule has 0 unspecified atom stereocenters. The van der Waals surface area contributed by atoms with Crippen molar-refractivity contribution < 1.29 is 4.79 Å². The third kappa shape index (κ3) is 1.70. The molecule has 0 spiro atoms. The molecule has 0 aromatic carbocycles. The molecule has 0 aliphatic heterocycles. The van der Waals surface area contributed by atoms with Gasteiger partial charge in [0, 0.05) is 6.20 Å². The van der Waals surface area contributed by atoms with Crippen LogP contribution in [0.4, 0.5) is 0 Å².